The number of nitrogens with zero attached hydrogens (tertiary/aromatic N) is 2. The Morgan fingerprint density at radius 3 is 3.00 bits per heavy atom. The van der Waals surface area contributed by atoms with Crippen LogP contribution in [0.1, 0.15) is 11.7 Å². The largest absolute Gasteiger partial charge is 0.327 e. The van der Waals surface area contributed by atoms with Crippen molar-refractivity contribution < 1.29 is 0 Å². The van der Waals surface area contributed by atoms with E-state index >= 15 is 0 Å². The van der Waals surface area contributed by atoms with Crippen LogP contribution in [0.4, 0.5) is 0 Å². The van der Waals surface area contributed by atoms with Crippen LogP contribution >= 0.6 is 0 Å². The van der Waals surface area contributed by atoms with Gasteiger partial charge < -0.3 is 11.1 Å². The Morgan fingerprint density at radius 1 is 1.46 bits per heavy atom. The standard InChI is InChI=1S/C9H12N4/c10-8-5-3-13-9(7(5)8)6-4-11-1-2-12-6/h1-2,4-5,7-9,13H,3,10H2. The molecule has 0 amide bonds. The summed E-state index contributed by atoms with van der Waals surface area (Å²) in [6.07, 6.45) is 5.26. The van der Waals surface area contributed by atoms with E-state index in [0.717, 1.165) is 12.2 Å². The summed E-state index contributed by atoms with van der Waals surface area (Å²) in [4.78, 5) is 8.36. The maximum Gasteiger partial charge on any atom is 0.0759 e. The molecule has 2 aliphatic rings. The van der Waals surface area contributed by atoms with E-state index in [0.29, 0.717) is 23.9 Å². The van der Waals surface area contributed by atoms with E-state index in [1.807, 2.05) is 6.20 Å². The SMILES string of the molecule is NC1C2CNC(c3cnccn3)C12. The lowest BCUT2D eigenvalue weighted by molar-refractivity contribution is 0.522. The van der Waals surface area contributed by atoms with E-state index in [1.54, 1.807) is 12.4 Å². The Hall–Kier alpha value is -1.00. The van der Waals surface area contributed by atoms with Gasteiger partial charge in [-0.2, -0.15) is 0 Å². The van der Waals surface area contributed by atoms with Gasteiger partial charge in [0, 0.05) is 37.1 Å². The summed E-state index contributed by atoms with van der Waals surface area (Å²) in [5.41, 5.74) is 6.94. The molecule has 4 atom stereocenters. The first kappa shape index (κ1) is 7.41. The second-order valence-electron chi connectivity index (χ2n) is 3.83. The van der Waals surface area contributed by atoms with Gasteiger partial charge in [-0.15, -0.1) is 0 Å². The van der Waals surface area contributed by atoms with Gasteiger partial charge in [0.1, 0.15) is 0 Å². The zero-order valence-electron chi connectivity index (χ0n) is 7.22. The highest BCUT2D eigenvalue weighted by molar-refractivity contribution is 5.19. The van der Waals surface area contributed by atoms with Crippen LogP contribution in [-0.2, 0) is 0 Å². The van der Waals surface area contributed by atoms with Gasteiger partial charge in [0.15, 0.2) is 0 Å². The van der Waals surface area contributed by atoms with Crippen molar-refractivity contribution >= 4 is 0 Å². The number of hydrogen-bond acceptors (Lipinski definition) is 4. The van der Waals surface area contributed by atoms with Crippen LogP contribution in [0, 0.1) is 11.8 Å². The highest BCUT2D eigenvalue weighted by Crippen LogP contribution is 2.49. The molecule has 1 aromatic rings. The van der Waals surface area contributed by atoms with E-state index < -0.39 is 0 Å². The molecule has 4 nitrogen and oxygen atoms in total. The molecular weight excluding hydrogens is 164 g/mol. The molecule has 1 aliphatic heterocycles. The molecule has 13 heavy (non-hydrogen) atoms. The van der Waals surface area contributed by atoms with Gasteiger partial charge in [-0.05, 0) is 5.92 Å². The van der Waals surface area contributed by atoms with E-state index in [1.165, 1.54) is 0 Å². The zero-order chi connectivity index (χ0) is 8.84. The first-order chi connectivity index (χ1) is 6.38. The first-order valence-corrected chi connectivity index (χ1v) is 4.63. The highest BCUT2D eigenvalue weighted by atomic mass is 15.1. The van der Waals surface area contributed by atoms with Crippen LogP contribution in [0.3, 0.4) is 0 Å². The molecule has 3 rings (SSSR count). The Balaban J connectivity index is 1.87. The quantitative estimate of drug-likeness (QED) is 0.616. The Morgan fingerprint density at radius 2 is 2.38 bits per heavy atom. The lowest BCUT2D eigenvalue weighted by atomic mass is 10.1. The van der Waals surface area contributed by atoms with Crippen molar-refractivity contribution in [3.05, 3.63) is 24.3 Å². The molecule has 0 spiro atoms. The molecular formula is C9H12N4. The van der Waals surface area contributed by atoms with Gasteiger partial charge >= 0.3 is 0 Å². The number of aromatic nitrogens is 2. The number of rotatable bonds is 1. The van der Waals surface area contributed by atoms with Crippen LogP contribution < -0.4 is 11.1 Å². The molecule has 2 fully saturated rings. The summed E-state index contributed by atoms with van der Waals surface area (Å²) in [6, 6.07) is 0.724. The molecule has 0 bridgehead atoms. The maximum atomic E-state index is 5.91. The van der Waals surface area contributed by atoms with Crippen LogP contribution in [-0.4, -0.2) is 22.6 Å². The van der Waals surface area contributed by atoms with Crippen molar-refractivity contribution in [3.63, 3.8) is 0 Å². The summed E-state index contributed by atoms with van der Waals surface area (Å²) >= 11 is 0. The molecule has 2 heterocycles. The van der Waals surface area contributed by atoms with Crippen molar-refractivity contribution in [2.45, 2.75) is 12.1 Å². The minimum atomic E-state index is 0.341. The molecule has 3 N–H and O–H groups in total. The van der Waals surface area contributed by atoms with Gasteiger partial charge in [0.2, 0.25) is 0 Å². The topological polar surface area (TPSA) is 63.8 Å². The van der Waals surface area contributed by atoms with Crippen molar-refractivity contribution in [2.24, 2.45) is 17.6 Å². The van der Waals surface area contributed by atoms with Crippen LogP contribution in [0.15, 0.2) is 18.6 Å². The second-order valence-corrected chi connectivity index (χ2v) is 3.83. The molecule has 1 aliphatic carbocycles. The average Bonchev–Trinajstić information content (AvgIpc) is 2.67. The Bertz CT molecular complexity index is 313. The maximum absolute atomic E-state index is 5.91. The third-order valence-corrected chi connectivity index (χ3v) is 3.15. The number of fused-ring (bicyclic) bond motifs is 1. The normalized spacial score (nSPS) is 41.6. The van der Waals surface area contributed by atoms with E-state index in [9.17, 15) is 0 Å². The number of hydrogen-bond donors (Lipinski definition) is 2. The highest BCUT2D eigenvalue weighted by Gasteiger charge is 2.56. The summed E-state index contributed by atoms with van der Waals surface area (Å²) in [5, 5.41) is 3.42. The van der Waals surface area contributed by atoms with Crippen molar-refractivity contribution in [2.75, 3.05) is 6.54 Å². The molecule has 1 saturated carbocycles. The summed E-state index contributed by atoms with van der Waals surface area (Å²) < 4.78 is 0. The second kappa shape index (κ2) is 2.49. The van der Waals surface area contributed by atoms with Gasteiger partial charge in [-0.1, -0.05) is 0 Å². The molecule has 0 aromatic carbocycles. The van der Waals surface area contributed by atoms with Crippen molar-refractivity contribution in [3.8, 4) is 0 Å². The Kier molecular flexibility index (Phi) is 1.42. The van der Waals surface area contributed by atoms with Gasteiger partial charge in [0.05, 0.1) is 11.7 Å². The molecule has 4 unspecified atom stereocenters. The number of piperidine rings is 1. The Labute approximate surface area is 76.6 Å². The fourth-order valence-corrected chi connectivity index (χ4v) is 2.34. The molecule has 0 radical (unpaired) electrons. The van der Waals surface area contributed by atoms with Gasteiger partial charge in [-0.3, -0.25) is 9.97 Å². The summed E-state index contributed by atoms with van der Waals surface area (Å²) in [5.74, 6) is 1.27. The zero-order valence-corrected chi connectivity index (χ0v) is 7.22. The van der Waals surface area contributed by atoms with Crippen LogP contribution in [0.2, 0.25) is 0 Å². The van der Waals surface area contributed by atoms with E-state index in [4.69, 9.17) is 5.73 Å². The van der Waals surface area contributed by atoms with E-state index in [2.05, 4.69) is 15.3 Å². The molecule has 1 saturated heterocycles. The fraction of sp³-hybridized carbons (Fsp3) is 0.556. The minimum Gasteiger partial charge on any atom is -0.327 e. The van der Waals surface area contributed by atoms with Crippen molar-refractivity contribution in [1.29, 1.82) is 0 Å². The molecule has 1 aromatic heterocycles. The monoisotopic (exact) mass is 176 g/mol. The van der Waals surface area contributed by atoms with Crippen LogP contribution in [0.25, 0.3) is 0 Å². The van der Waals surface area contributed by atoms with Crippen molar-refractivity contribution in [1.82, 2.24) is 15.3 Å². The third-order valence-electron chi connectivity index (χ3n) is 3.15. The smallest absolute Gasteiger partial charge is 0.0759 e. The lowest BCUT2D eigenvalue weighted by Gasteiger charge is -2.12. The van der Waals surface area contributed by atoms with E-state index in [-0.39, 0.29) is 0 Å². The predicted molar refractivity (Wildman–Crippen MR) is 47.7 cm³/mol. The number of nitrogens with two attached hydrogens (primary N) is 1. The third kappa shape index (κ3) is 0.990. The van der Waals surface area contributed by atoms with Gasteiger partial charge in [-0.25, -0.2) is 0 Å². The summed E-state index contributed by atoms with van der Waals surface area (Å²) in [7, 11) is 0. The minimum absolute atomic E-state index is 0.341. The first-order valence-electron chi connectivity index (χ1n) is 4.63. The molecule has 68 valence electrons. The number of nitrogens with one attached hydrogen (secondary N) is 1. The molecule has 4 heteroatoms. The average molecular weight is 176 g/mol. The fourth-order valence-electron chi connectivity index (χ4n) is 2.34. The van der Waals surface area contributed by atoms with Crippen LogP contribution in [0.5, 0.6) is 0 Å². The lowest BCUT2D eigenvalue weighted by Crippen LogP contribution is -2.26. The summed E-state index contributed by atoms with van der Waals surface area (Å²) in [6.45, 7) is 1.03. The van der Waals surface area contributed by atoms with Gasteiger partial charge in [0.25, 0.3) is 0 Å². The predicted octanol–water partition coefficient (Wildman–Crippen LogP) is -0.306.